The molecule has 0 atom stereocenters. The summed E-state index contributed by atoms with van der Waals surface area (Å²) in [5.41, 5.74) is 8.78. The smallest absolute Gasteiger partial charge is 0.165 e. The number of hydrogen-bond donors (Lipinski definition) is 2. The fourth-order valence-electron chi connectivity index (χ4n) is 2.49. The molecule has 5 nitrogen and oxygen atoms in total. The number of para-hydroxylation sites is 1. The lowest BCUT2D eigenvalue weighted by Crippen LogP contribution is -2.16. The first-order valence-electron chi connectivity index (χ1n) is 7.77. The molecule has 0 spiro atoms. The Morgan fingerprint density at radius 1 is 1.00 bits per heavy atom. The highest BCUT2D eigenvalue weighted by Gasteiger charge is 2.16. The molecule has 2 aromatic carbocycles. The molecule has 0 unspecified atom stereocenters. The van der Waals surface area contributed by atoms with Crippen molar-refractivity contribution in [2.24, 2.45) is 0 Å². The van der Waals surface area contributed by atoms with Crippen molar-refractivity contribution in [1.82, 2.24) is 9.97 Å². The molecule has 0 fully saturated rings. The van der Waals surface area contributed by atoms with Gasteiger partial charge < -0.3 is 0 Å². The van der Waals surface area contributed by atoms with Gasteiger partial charge in [0.05, 0.1) is 16.9 Å². The average Bonchev–Trinajstić information content (AvgIpc) is 2.60. The summed E-state index contributed by atoms with van der Waals surface area (Å²) in [6, 6.07) is 16.9. The second-order valence-electron chi connectivity index (χ2n) is 5.54. The average molecular weight is 353 g/mol. The molecule has 0 aliphatic rings. The number of ketones is 1. The Bertz CT molecular complexity index is 913. The molecule has 25 heavy (non-hydrogen) atoms. The maximum atomic E-state index is 12.0. The summed E-state index contributed by atoms with van der Waals surface area (Å²) >= 11 is 6.06. The molecule has 0 amide bonds. The molecule has 0 bridgehead atoms. The molecule has 0 saturated heterocycles. The van der Waals surface area contributed by atoms with Crippen molar-refractivity contribution >= 4 is 28.9 Å². The van der Waals surface area contributed by atoms with Gasteiger partial charge in [0.25, 0.3) is 0 Å². The Kier molecular flexibility index (Phi) is 4.95. The number of rotatable bonds is 5. The Balaban J connectivity index is 2.00. The molecule has 0 radical (unpaired) electrons. The summed E-state index contributed by atoms with van der Waals surface area (Å²) in [6.45, 7) is 3.29. The minimum Gasteiger partial charge on any atom is -0.300 e. The highest BCUT2D eigenvalue weighted by atomic mass is 35.5. The van der Waals surface area contributed by atoms with Crippen LogP contribution in [0.4, 0.5) is 11.5 Å². The van der Waals surface area contributed by atoms with Crippen molar-refractivity contribution in [1.29, 1.82) is 0 Å². The van der Waals surface area contributed by atoms with Crippen molar-refractivity contribution in [2.75, 3.05) is 10.9 Å². The van der Waals surface area contributed by atoms with Crippen LogP contribution in [-0.4, -0.2) is 15.8 Å². The lowest BCUT2D eigenvalue weighted by molar-refractivity contribution is 0.101. The molecule has 0 aliphatic carbocycles. The van der Waals surface area contributed by atoms with Crippen LogP contribution in [0, 0.1) is 6.92 Å². The maximum absolute atomic E-state index is 12.0. The van der Waals surface area contributed by atoms with Crippen LogP contribution in [0.5, 0.6) is 0 Å². The predicted molar refractivity (Wildman–Crippen MR) is 101 cm³/mol. The molecular weight excluding hydrogens is 336 g/mol. The summed E-state index contributed by atoms with van der Waals surface area (Å²) in [5, 5.41) is 0.603. The summed E-state index contributed by atoms with van der Waals surface area (Å²) < 4.78 is 0. The van der Waals surface area contributed by atoms with E-state index in [0.29, 0.717) is 27.9 Å². The van der Waals surface area contributed by atoms with Crippen molar-refractivity contribution in [3.63, 3.8) is 0 Å². The van der Waals surface area contributed by atoms with Crippen LogP contribution < -0.4 is 10.9 Å². The van der Waals surface area contributed by atoms with Crippen LogP contribution in [0.15, 0.2) is 54.6 Å². The van der Waals surface area contributed by atoms with Gasteiger partial charge in [0.15, 0.2) is 17.4 Å². The van der Waals surface area contributed by atoms with E-state index < -0.39 is 0 Å². The van der Waals surface area contributed by atoms with Crippen LogP contribution in [0.3, 0.4) is 0 Å². The number of carbonyl (C=O) groups excluding carboxylic acids is 1. The zero-order chi connectivity index (χ0) is 17.8. The number of nitrogens with one attached hydrogen (secondary N) is 2. The zero-order valence-corrected chi connectivity index (χ0v) is 14.6. The molecule has 1 heterocycles. The van der Waals surface area contributed by atoms with Gasteiger partial charge in [0.2, 0.25) is 0 Å². The van der Waals surface area contributed by atoms with E-state index in [9.17, 15) is 4.79 Å². The number of halogens is 1. The van der Waals surface area contributed by atoms with E-state index in [4.69, 9.17) is 11.6 Å². The fourth-order valence-corrected chi connectivity index (χ4v) is 2.68. The molecule has 3 rings (SSSR count). The number of aromatic nitrogens is 2. The molecule has 1 aromatic heterocycles. The van der Waals surface area contributed by atoms with E-state index in [0.717, 1.165) is 11.3 Å². The van der Waals surface area contributed by atoms with E-state index in [1.54, 1.807) is 19.1 Å². The molecule has 3 aromatic rings. The number of Topliss-reactive ketones (excluding diaryl/α,β-unsaturated/α-hetero) is 1. The zero-order valence-electron chi connectivity index (χ0n) is 13.9. The van der Waals surface area contributed by atoms with Gasteiger partial charge >= 0.3 is 0 Å². The normalized spacial score (nSPS) is 10.4. The van der Waals surface area contributed by atoms with Crippen molar-refractivity contribution in [3.05, 3.63) is 70.9 Å². The van der Waals surface area contributed by atoms with Gasteiger partial charge in [0, 0.05) is 10.6 Å². The first-order chi connectivity index (χ1) is 12.0. The number of nitrogens with zero attached hydrogens (tertiary/aromatic N) is 2. The summed E-state index contributed by atoms with van der Waals surface area (Å²) in [6.07, 6.45) is 0. The summed E-state index contributed by atoms with van der Waals surface area (Å²) in [4.78, 5) is 21.0. The van der Waals surface area contributed by atoms with Crippen molar-refractivity contribution in [3.8, 4) is 11.4 Å². The van der Waals surface area contributed by atoms with Crippen molar-refractivity contribution < 1.29 is 4.79 Å². The third-order valence-electron chi connectivity index (χ3n) is 3.62. The minimum atomic E-state index is -0.104. The van der Waals surface area contributed by atoms with Crippen LogP contribution in [-0.2, 0) is 0 Å². The van der Waals surface area contributed by atoms with E-state index >= 15 is 0 Å². The Hall–Kier alpha value is -2.92. The molecule has 0 saturated carbocycles. The summed E-state index contributed by atoms with van der Waals surface area (Å²) in [5.74, 6) is 0.827. The van der Waals surface area contributed by atoms with Crippen LogP contribution in [0.2, 0.25) is 5.02 Å². The van der Waals surface area contributed by atoms with Crippen LogP contribution in [0.25, 0.3) is 11.4 Å². The molecule has 126 valence electrons. The largest absolute Gasteiger partial charge is 0.300 e. The number of benzene rings is 2. The lowest BCUT2D eigenvalue weighted by atomic mass is 10.1. The lowest BCUT2D eigenvalue weighted by Gasteiger charge is -2.14. The first-order valence-corrected chi connectivity index (χ1v) is 8.15. The van der Waals surface area contributed by atoms with E-state index in [1.807, 2.05) is 42.5 Å². The van der Waals surface area contributed by atoms with Gasteiger partial charge in [-0.2, -0.15) is 0 Å². The predicted octanol–water partition coefficient (Wildman–Crippen LogP) is 4.75. The number of carbonyl (C=O) groups is 1. The van der Waals surface area contributed by atoms with Gasteiger partial charge in [-0.3, -0.25) is 15.6 Å². The van der Waals surface area contributed by atoms with E-state index in [1.165, 1.54) is 6.92 Å². The number of anilines is 2. The fraction of sp³-hybridized carbons (Fsp3) is 0.105. The third kappa shape index (κ3) is 3.95. The highest BCUT2D eigenvalue weighted by molar-refractivity contribution is 6.30. The van der Waals surface area contributed by atoms with Crippen molar-refractivity contribution in [2.45, 2.75) is 13.8 Å². The van der Waals surface area contributed by atoms with Gasteiger partial charge in [-0.25, -0.2) is 9.97 Å². The standard InChI is InChI=1S/C19H17ClN4O/c1-12-17(13(2)25)19(24-23-16-9-4-3-5-10-16)22-18(21-12)14-7-6-8-15(20)11-14/h3-11,23H,1-2H3,(H,21,22,24). The van der Waals surface area contributed by atoms with E-state index in [2.05, 4.69) is 20.8 Å². The van der Waals surface area contributed by atoms with Gasteiger partial charge in [-0.1, -0.05) is 41.9 Å². The minimum absolute atomic E-state index is 0.104. The topological polar surface area (TPSA) is 66.9 Å². The van der Waals surface area contributed by atoms with Gasteiger partial charge in [-0.05, 0) is 38.1 Å². The first kappa shape index (κ1) is 16.9. The summed E-state index contributed by atoms with van der Waals surface area (Å²) in [7, 11) is 0. The SMILES string of the molecule is CC(=O)c1c(C)nc(-c2cccc(Cl)c2)nc1NNc1ccccc1. The molecule has 6 heteroatoms. The Morgan fingerprint density at radius 3 is 2.44 bits per heavy atom. The second-order valence-corrected chi connectivity index (χ2v) is 5.98. The third-order valence-corrected chi connectivity index (χ3v) is 3.86. The van der Waals surface area contributed by atoms with E-state index in [-0.39, 0.29) is 5.78 Å². The molecule has 0 aliphatic heterocycles. The number of hydrazine groups is 1. The van der Waals surface area contributed by atoms with Gasteiger partial charge in [0.1, 0.15) is 0 Å². The van der Waals surface area contributed by atoms with Crippen LogP contribution in [0.1, 0.15) is 23.0 Å². The monoisotopic (exact) mass is 352 g/mol. The van der Waals surface area contributed by atoms with Crippen LogP contribution >= 0.6 is 11.6 Å². The van der Waals surface area contributed by atoms with Gasteiger partial charge in [-0.15, -0.1) is 0 Å². The molecular formula is C19H17ClN4O. The Morgan fingerprint density at radius 2 is 1.76 bits per heavy atom. The maximum Gasteiger partial charge on any atom is 0.165 e. The number of aryl methyl sites for hydroxylation is 1. The second kappa shape index (κ2) is 7.32. The Labute approximate surface area is 151 Å². The molecule has 2 N–H and O–H groups in total. The number of hydrogen-bond acceptors (Lipinski definition) is 5. The quantitative estimate of drug-likeness (QED) is 0.512. The highest BCUT2D eigenvalue weighted by Crippen LogP contribution is 2.25.